The van der Waals surface area contributed by atoms with Crippen LogP contribution in [-0.4, -0.2) is 43.0 Å². The summed E-state index contributed by atoms with van der Waals surface area (Å²) in [6.07, 6.45) is -0.561. The fourth-order valence-corrected chi connectivity index (χ4v) is 0.755. The van der Waals surface area contributed by atoms with Crippen molar-refractivity contribution in [2.24, 2.45) is 5.92 Å². The Balaban J connectivity index is 0.000000261. The molecule has 0 aromatic heterocycles. The van der Waals surface area contributed by atoms with E-state index in [4.69, 9.17) is 9.84 Å². The van der Waals surface area contributed by atoms with Crippen molar-refractivity contribution in [1.82, 2.24) is 4.90 Å². The van der Waals surface area contributed by atoms with E-state index < -0.39 is 6.29 Å². The molecule has 3 heteroatoms. The molecule has 0 bridgehead atoms. The Morgan fingerprint density at radius 1 is 1.42 bits per heavy atom. The fraction of sp³-hybridized carbons (Fsp3) is 1.00. The maximum atomic E-state index is 8.82. The van der Waals surface area contributed by atoms with Gasteiger partial charge in [0.15, 0.2) is 6.29 Å². The maximum Gasteiger partial charge on any atom is 0.167 e. The quantitative estimate of drug-likeness (QED) is 0.594. The van der Waals surface area contributed by atoms with Gasteiger partial charge in [-0.3, -0.25) is 4.90 Å². The third-order valence-electron chi connectivity index (χ3n) is 1.25. The summed E-state index contributed by atoms with van der Waals surface area (Å²) in [6, 6.07) is 0. The fourth-order valence-electron chi connectivity index (χ4n) is 0.755. The smallest absolute Gasteiger partial charge is 0.167 e. The Bertz CT molecular complexity index is 95.9. The molecule has 12 heavy (non-hydrogen) atoms. The van der Waals surface area contributed by atoms with Crippen molar-refractivity contribution in [1.29, 1.82) is 0 Å². The molecule has 0 aliphatic carbocycles. The number of ether oxygens (including phenoxy) is 1. The molecule has 0 aromatic rings. The van der Waals surface area contributed by atoms with Crippen LogP contribution in [0.25, 0.3) is 0 Å². The minimum absolute atomic E-state index is 0.561. The van der Waals surface area contributed by atoms with Gasteiger partial charge in [-0.05, 0) is 13.0 Å². The van der Waals surface area contributed by atoms with E-state index in [9.17, 15) is 0 Å². The first-order chi connectivity index (χ1) is 5.52. The number of hydrogen-bond acceptors (Lipinski definition) is 3. The van der Waals surface area contributed by atoms with Crippen molar-refractivity contribution in [2.45, 2.75) is 27.1 Å². The van der Waals surface area contributed by atoms with E-state index in [0.717, 1.165) is 12.5 Å². The molecule has 0 amide bonds. The number of nitrogens with zero attached hydrogens (tertiary/aromatic N) is 1. The Morgan fingerprint density at radius 2 is 1.92 bits per heavy atom. The molecular weight excluding hydrogens is 154 g/mol. The largest absolute Gasteiger partial charge is 0.367 e. The van der Waals surface area contributed by atoms with Gasteiger partial charge < -0.3 is 9.84 Å². The van der Waals surface area contributed by atoms with Crippen LogP contribution in [0.4, 0.5) is 0 Å². The average molecular weight is 175 g/mol. The van der Waals surface area contributed by atoms with Crippen LogP contribution in [0.15, 0.2) is 0 Å². The Hall–Kier alpha value is -0.120. The van der Waals surface area contributed by atoms with Gasteiger partial charge in [0.25, 0.3) is 0 Å². The van der Waals surface area contributed by atoms with Crippen LogP contribution >= 0.6 is 0 Å². The number of aliphatic hydroxyl groups excluding tert-OH is 1. The van der Waals surface area contributed by atoms with Crippen molar-refractivity contribution in [2.75, 3.05) is 26.7 Å². The molecule has 1 saturated heterocycles. The lowest BCUT2D eigenvalue weighted by Crippen LogP contribution is -2.39. The highest BCUT2D eigenvalue weighted by Crippen LogP contribution is 1.97. The molecule has 3 nitrogen and oxygen atoms in total. The lowest BCUT2D eigenvalue weighted by atomic mass is 10.3. The predicted molar refractivity (Wildman–Crippen MR) is 50.0 cm³/mol. The van der Waals surface area contributed by atoms with Gasteiger partial charge in [0.2, 0.25) is 0 Å². The van der Waals surface area contributed by atoms with E-state index in [1.165, 1.54) is 0 Å². The second kappa shape index (κ2) is 6.40. The lowest BCUT2D eigenvalue weighted by molar-refractivity contribution is -0.141. The van der Waals surface area contributed by atoms with Gasteiger partial charge in [-0.25, -0.2) is 0 Å². The standard InChI is InChI=1S/C5H11NO2.C4H10/c1-6-2-3-8-5(7)4-6;1-4(2)3/h5,7H,2-4H2,1H3;4H,1-3H3. The maximum absolute atomic E-state index is 8.82. The highest BCUT2D eigenvalue weighted by Gasteiger charge is 2.12. The number of hydrogen-bond donors (Lipinski definition) is 1. The van der Waals surface area contributed by atoms with Crippen LogP contribution in [0.3, 0.4) is 0 Å². The van der Waals surface area contributed by atoms with Gasteiger partial charge in [-0.1, -0.05) is 20.8 Å². The van der Waals surface area contributed by atoms with E-state index in [1.807, 2.05) is 11.9 Å². The zero-order valence-corrected chi connectivity index (χ0v) is 8.58. The monoisotopic (exact) mass is 175 g/mol. The first-order valence-corrected chi connectivity index (χ1v) is 4.50. The molecule has 1 atom stereocenters. The van der Waals surface area contributed by atoms with Gasteiger partial charge in [0.05, 0.1) is 6.61 Å². The molecule has 74 valence electrons. The predicted octanol–water partition coefficient (Wildman–Crippen LogP) is 0.929. The number of likely N-dealkylation sites (N-methyl/N-ethyl adjacent to an activating group) is 1. The van der Waals surface area contributed by atoms with Crippen molar-refractivity contribution >= 4 is 0 Å². The molecule has 1 aliphatic rings. The molecule has 0 aromatic carbocycles. The first-order valence-electron chi connectivity index (χ1n) is 4.50. The molecule has 0 saturated carbocycles. The van der Waals surface area contributed by atoms with Gasteiger partial charge in [-0.15, -0.1) is 0 Å². The van der Waals surface area contributed by atoms with Gasteiger partial charge in [-0.2, -0.15) is 0 Å². The summed E-state index contributed by atoms with van der Waals surface area (Å²) < 4.78 is 4.86. The number of β-amino-alcohol motifs (C(OH)–C–C–N with tert-alkyl or cyclic N) is 1. The Labute approximate surface area is 75.3 Å². The molecule has 1 heterocycles. The van der Waals surface area contributed by atoms with Crippen LogP contribution < -0.4 is 0 Å². The average Bonchev–Trinajstić information content (AvgIpc) is 1.84. The van der Waals surface area contributed by atoms with Crippen LogP contribution in [0.5, 0.6) is 0 Å². The van der Waals surface area contributed by atoms with Crippen molar-refractivity contribution in [3.63, 3.8) is 0 Å². The third-order valence-corrected chi connectivity index (χ3v) is 1.25. The molecule has 1 fully saturated rings. The van der Waals surface area contributed by atoms with Crippen LogP contribution in [0.1, 0.15) is 20.8 Å². The Morgan fingerprint density at radius 3 is 2.17 bits per heavy atom. The summed E-state index contributed by atoms with van der Waals surface area (Å²) in [5.74, 6) is 0.833. The van der Waals surface area contributed by atoms with Gasteiger partial charge in [0, 0.05) is 13.1 Å². The summed E-state index contributed by atoms with van der Waals surface area (Å²) in [7, 11) is 1.96. The van der Waals surface area contributed by atoms with E-state index in [1.54, 1.807) is 0 Å². The zero-order valence-electron chi connectivity index (χ0n) is 8.58. The van der Waals surface area contributed by atoms with E-state index in [2.05, 4.69) is 20.8 Å². The molecule has 1 N–H and O–H groups in total. The second-order valence-corrected chi connectivity index (χ2v) is 3.82. The second-order valence-electron chi connectivity index (χ2n) is 3.82. The molecular formula is C9H21NO2. The summed E-state index contributed by atoms with van der Waals surface area (Å²) in [5, 5.41) is 8.82. The molecule has 1 rings (SSSR count). The SMILES string of the molecule is CC(C)C.CN1CCOC(O)C1. The molecule has 1 aliphatic heterocycles. The normalized spacial score (nSPS) is 25.0. The molecule has 1 unspecified atom stereocenters. The van der Waals surface area contributed by atoms with Crippen molar-refractivity contribution in [3.8, 4) is 0 Å². The van der Waals surface area contributed by atoms with Crippen LogP contribution in [0, 0.1) is 5.92 Å². The lowest BCUT2D eigenvalue weighted by Gasteiger charge is -2.26. The van der Waals surface area contributed by atoms with E-state index in [-0.39, 0.29) is 0 Å². The number of aliphatic hydroxyl groups is 1. The summed E-state index contributed by atoms with van der Waals surface area (Å²) >= 11 is 0. The molecule has 0 radical (unpaired) electrons. The topological polar surface area (TPSA) is 32.7 Å². The highest BCUT2D eigenvalue weighted by molar-refractivity contribution is 4.58. The molecule has 0 spiro atoms. The first kappa shape index (κ1) is 11.9. The van der Waals surface area contributed by atoms with Crippen LogP contribution in [0.2, 0.25) is 0 Å². The van der Waals surface area contributed by atoms with Crippen molar-refractivity contribution in [3.05, 3.63) is 0 Å². The zero-order chi connectivity index (χ0) is 9.56. The summed E-state index contributed by atoms with van der Waals surface area (Å²) in [4.78, 5) is 2.04. The minimum Gasteiger partial charge on any atom is -0.367 e. The van der Waals surface area contributed by atoms with Gasteiger partial charge >= 0.3 is 0 Å². The minimum atomic E-state index is -0.561. The third kappa shape index (κ3) is 7.98. The summed E-state index contributed by atoms with van der Waals surface area (Å²) in [5.41, 5.74) is 0. The van der Waals surface area contributed by atoms with Crippen molar-refractivity contribution < 1.29 is 9.84 Å². The van der Waals surface area contributed by atoms with E-state index in [0.29, 0.717) is 13.2 Å². The summed E-state index contributed by atoms with van der Waals surface area (Å²) in [6.45, 7) is 8.72. The van der Waals surface area contributed by atoms with E-state index >= 15 is 0 Å². The number of morpholine rings is 1. The van der Waals surface area contributed by atoms with Gasteiger partial charge in [0.1, 0.15) is 0 Å². The highest BCUT2D eigenvalue weighted by atomic mass is 16.6. The number of rotatable bonds is 0. The Kier molecular flexibility index (Phi) is 6.34. The van der Waals surface area contributed by atoms with Crippen LogP contribution in [-0.2, 0) is 4.74 Å².